The molecule has 3 aromatic rings. The minimum absolute atomic E-state index is 0.113. The Kier molecular flexibility index (Phi) is 7.24. The van der Waals surface area contributed by atoms with Crippen LogP contribution in [0.3, 0.4) is 0 Å². The number of benzene rings is 1. The maximum atomic E-state index is 14.6. The van der Waals surface area contributed by atoms with Gasteiger partial charge in [-0.1, -0.05) is 12.0 Å². The number of aryl methyl sites for hydroxylation is 1. The molecule has 0 radical (unpaired) electrons. The number of aromatic amines is 1. The summed E-state index contributed by atoms with van der Waals surface area (Å²) in [6.45, 7) is 1.75. The zero-order valence-corrected chi connectivity index (χ0v) is 18.9. The van der Waals surface area contributed by atoms with Gasteiger partial charge in [-0.05, 0) is 48.9 Å². The van der Waals surface area contributed by atoms with Gasteiger partial charge >= 0.3 is 0 Å². The van der Waals surface area contributed by atoms with Crippen molar-refractivity contribution in [2.24, 2.45) is 23.7 Å². The van der Waals surface area contributed by atoms with Gasteiger partial charge in [-0.15, -0.1) is 5.92 Å². The van der Waals surface area contributed by atoms with E-state index in [1.165, 1.54) is 4.57 Å². The van der Waals surface area contributed by atoms with Gasteiger partial charge in [0.25, 0.3) is 5.56 Å². The second kappa shape index (κ2) is 10.5. The number of halogens is 2. The van der Waals surface area contributed by atoms with Crippen LogP contribution in [0.15, 0.2) is 58.6 Å². The van der Waals surface area contributed by atoms with E-state index in [1.54, 1.807) is 31.6 Å². The van der Waals surface area contributed by atoms with Gasteiger partial charge in [-0.3, -0.25) is 4.79 Å². The second-order valence-electron chi connectivity index (χ2n) is 8.41. The van der Waals surface area contributed by atoms with Gasteiger partial charge in [0, 0.05) is 61.8 Å². The molecule has 2 atom stereocenters. The SMILES string of the molecule is Cn1cccc(C(CC#CCc2cc[nH]c2N=C(N)C2CCNC2)c2cc(F)ccc2F)c1=O. The highest BCUT2D eigenvalue weighted by atomic mass is 19.1. The number of nitrogens with one attached hydrogen (secondary N) is 2. The average molecular weight is 464 g/mol. The Morgan fingerprint density at radius 2 is 2.12 bits per heavy atom. The lowest BCUT2D eigenvalue weighted by Gasteiger charge is -2.16. The molecule has 6 nitrogen and oxygen atoms in total. The summed E-state index contributed by atoms with van der Waals surface area (Å²) >= 11 is 0. The summed E-state index contributed by atoms with van der Waals surface area (Å²) < 4.78 is 30.0. The number of nitrogens with zero attached hydrogens (tertiary/aromatic N) is 2. The lowest BCUT2D eigenvalue weighted by molar-refractivity contribution is 0.574. The van der Waals surface area contributed by atoms with Crippen molar-refractivity contribution in [2.75, 3.05) is 13.1 Å². The normalized spacial score (nSPS) is 16.8. The van der Waals surface area contributed by atoms with Gasteiger partial charge < -0.3 is 20.6 Å². The number of H-pyrrole nitrogens is 1. The van der Waals surface area contributed by atoms with Crippen molar-refractivity contribution in [1.29, 1.82) is 0 Å². The van der Waals surface area contributed by atoms with Crippen molar-refractivity contribution in [3.8, 4) is 11.8 Å². The minimum atomic E-state index is -0.697. The van der Waals surface area contributed by atoms with Crippen LogP contribution in [-0.2, 0) is 13.5 Å². The smallest absolute Gasteiger partial charge is 0.254 e. The number of amidine groups is 1. The molecule has 1 aromatic carbocycles. The fourth-order valence-corrected chi connectivity index (χ4v) is 4.15. The fraction of sp³-hybridized carbons (Fsp3) is 0.308. The van der Waals surface area contributed by atoms with Gasteiger partial charge in [-0.2, -0.15) is 0 Å². The lowest BCUT2D eigenvalue weighted by atomic mass is 9.89. The molecule has 2 aromatic heterocycles. The van der Waals surface area contributed by atoms with Crippen LogP contribution in [0.5, 0.6) is 0 Å². The van der Waals surface area contributed by atoms with Gasteiger partial charge in [-0.25, -0.2) is 13.8 Å². The van der Waals surface area contributed by atoms with E-state index in [1.807, 2.05) is 6.07 Å². The van der Waals surface area contributed by atoms with Crippen LogP contribution in [0.4, 0.5) is 14.6 Å². The van der Waals surface area contributed by atoms with E-state index in [4.69, 9.17) is 5.73 Å². The molecule has 0 aliphatic carbocycles. The maximum Gasteiger partial charge on any atom is 0.254 e. The first-order valence-corrected chi connectivity index (χ1v) is 11.2. The van der Waals surface area contributed by atoms with Crippen LogP contribution >= 0.6 is 0 Å². The minimum Gasteiger partial charge on any atom is -0.387 e. The molecule has 3 heterocycles. The molecule has 8 heteroatoms. The number of nitrogens with two attached hydrogens (primary N) is 1. The predicted molar refractivity (Wildman–Crippen MR) is 129 cm³/mol. The van der Waals surface area contributed by atoms with Gasteiger partial charge in [0.05, 0.1) is 0 Å². The van der Waals surface area contributed by atoms with Crippen LogP contribution in [0.25, 0.3) is 0 Å². The van der Waals surface area contributed by atoms with E-state index in [0.29, 0.717) is 23.6 Å². The quantitative estimate of drug-likeness (QED) is 0.298. The number of hydrogen-bond donors (Lipinski definition) is 3. The Hall–Kier alpha value is -3.70. The van der Waals surface area contributed by atoms with Crippen LogP contribution in [0.1, 0.15) is 35.4 Å². The maximum absolute atomic E-state index is 14.6. The Bertz CT molecular complexity index is 1310. The number of aromatic nitrogens is 2. The van der Waals surface area contributed by atoms with E-state index < -0.39 is 17.6 Å². The first kappa shape index (κ1) is 23.5. The Morgan fingerprint density at radius 1 is 1.26 bits per heavy atom. The molecule has 4 N–H and O–H groups in total. The summed E-state index contributed by atoms with van der Waals surface area (Å²) in [7, 11) is 1.62. The first-order valence-electron chi connectivity index (χ1n) is 11.2. The van der Waals surface area contributed by atoms with Crippen molar-refractivity contribution in [3.63, 3.8) is 0 Å². The molecule has 1 aliphatic heterocycles. The Balaban J connectivity index is 1.56. The second-order valence-corrected chi connectivity index (χ2v) is 8.41. The van der Waals surface area contributed by atoms with Crippen molar-refractivity contribution in [1.82, 2.24) is 14.9 Å². The molecule has 0 spiro atoms. The molecule has 1 fully saturated rings. The predicted octanol–water partition coefficient (Wildman–Crippen LogP) is 3.36. The zero-order valence-electron chi connectivity index (χ0n) is 18.9. The summed E-state index contributed by atoms with van der Waals surface area (Å²) in [5, 5.41) is 3.27. The third-order valence-corrected chi connectivity index (χ3v) is 6.10. The number of hydrogen-bond acceptors (Lipinski definition) is 3. The molecular formula is C26H27F2N5O. The lowest BCUT2D eigenvalue weighted by Crippen LogP contribution is -2.25. The van der Waals surface area contributed by atoms with E-state index in [-0.39, 0.29) is 23.5 Å². The van der Waals surface area contributed by atoms with Gasteiger partial charge in [0.2, 0.25) is 0 Å². The Morgan fingerprint density at radius 3 is 2.91 bits per heavy atom. The van der Waals surface area contributed by atoms with Crippen molar-refractivity contribution in [2.45, 2.75) is 25.2 Å². The summed E-state index contributed by atoms with van der Waals surface area (Å²) in [5.74, 6) is 5.80. The average Bonchev–Trinajstić information content (AvgIpc) is 3.51. The van der Waals surface area contributed by atoms with Crippen molar-refractivity contribution >= 4 is 11.7 Å². The topological polar surface area (TPSA) is 88.2 Å². The number of pyridine rings is 1. The van der Waals surface area contributed by atoms with Crippen molar-refractivity contribution < 1.29 is 8.78 Å². The van der Waals surface area contributed by atoms with Gasteiger partial charge in [0.15, 0.2) is 0 Å². The van der Waals surface area contributed by atoms with Crippen LogP contribution in [-0.4, -0.2) is 28.5 Å². The third-order valence-electron chi connectivity index (χ3n) is 6.10. The van der Waals surface area contributed by atoms with Crippen LogP contribution in [0.2, 0.25) is 0 Å². The molecule has 0 amide bonds. The summed E-state index contributed by atoms with van der Waals surface area (Å²) in [4.78, 5) is 20.4. The highest BCUT2D eigenvalue weighted by Gasteiger charge is 2.21. The Labute approximate surface area is 196 Å². The van der Waals surface area contributed by atoms with E-state index in [9.17, 15) is 13.6 Å². The molecule has 0 bridgehead atoms. The molecule has 1 aliphatic rings. The van der Waals surface area contributed by atoms with Crippen LogP contribution < -0.4 is 16.6 Å². The molecule has 1 saturated heterocycles. The van der Waals surface area contributed by atoms with E-state index in [0.717, 1.165) is 43.3 Å². The standard InChI is InChI=1S/C26H27F2N5O/c1-33-14-4-7-21(26(33)34)20(22-15-19(27)8-9-23(22)28)6-3-2-5-17-11-13-31-25(17)32-24(29)18-10-12-30-16-18/h4,7-9,11,13-15,18,20,30-31H,5-6,10,12,16H2,1H3,(H2,29,32). The van der Waals surface area contributed by atoms with E-state index >= 15 is 0 Å². The third kappa shape index (κ3) is 5.26. The monoisotopic (exact) mass is 463 g/mol. The molecule has 34 heavy (non-hydrogen) atoms. The highest BCUT2D eigenvalue weighted by Crippen LogP contribution is 2.28. The first-order chi connectivity index (χ1) is 16.4. The zero-order chi connectivity index (χ0) is 24.1. The number of rotatable bonds is 6. The van der Waals surface area contributed by atoms with Crippen molar-refractivity contribution in [3.05, 3.63) is 87.5 Å². The molecule has 176 valence electrons. The molecule has 4 rings (SSSR count). The van der Waals surface area contributed by atoms with E-state index in [2.05, 4.69) is 27.1 Å². The molecular weight excluding hydrogens is 436 g/mol. The molecule has 0 saturated carbocycles. The fourth-order valence-electron chi connectivity index (χ4n) is 4.15. The highest BCUT2D eigenvalue weighted by molar-refractivity contribution is 5.85. The van der Waals surface area contributed by atoms with Crippen LogP contribution in [0, 0.1) is 29.4 Å². The summed E-state index contributed by atoms with van der Waals surface area (Å²) in [5.41, 5.74) is 7.28. The molecule has 2 unspecified atom stereocenters. The number of aliphatic imine (C=N–C) groups is 1. The summed E-state index contributed by atoms with van der Waals surface area (Å²) in [6, 6.07) is 8.51. The van der Waals surface area contributed by atoms with Gasteiger partial charge in [0.1, 0.15) is 23.3 Å². The largest absolute Gasteiger partial charge is 0.387 e. The summed E-state index contributed by atoms with van der Waals surface area (Å²) in [6.07, 6.45) is 4.94.